The fourth-order valence-electron chi connectivity index (χ4n) is 4.99. The van der Waals surface area contributed by atoms with Crippen LogP contribution < -0.4 is 5.32 Å². The zero-order chi connectivity index (χ0) is 30.1. The number of carboxylic acid groups (broad SMARTS) is 1. The highest BCUT2D eigenvalue weighted by Gasteiger charge is 2.34. The molecule has 0 bridgehead atoms. The summed E-state index contributed by atoms with van der Waals surface area (Å²) < 4.78 is 12.9. The summed E-state index contributed by atoms with van der Waals surface area (Å²) in [4.78, 5) is 24.7. The van der Waals surface area contributed by atoms with Crippen LogP contribution in [0.3, 0.4) is 0 Å². The lowest BCUT2D eigenvalue weighted by Crippen LogP contribution is -2.43. The Labute approximate surface area is 246 Å². The number of nitrogens with zero attached hydrogens (tertiary/aromatic N) is 1. The summed E-state index contributed by atoms with van der Waals surface area (Å²) in [7, 11) is 1.98. The van der Waals surface area contributed by atoms with Gasteiger partial charge in [0.25, 0.3) is 0 Å². The number of likely N-dealkylation sites (N-methyl/N-ethyl adjacent to an activating group) is 1. The molecular formula is C33H40N2O7. The Morgan fingerprint density at radius 3 is 2.21 bits per heavy atom. The van der Waals surface area contributed by atoms with Gasteiger partial charge in [0.15, 0.2) is 6.29 Å². The average molecular weight is 577 g/mol. The number of carboxylic acids is 1. The average Bonchev–Trinajstić information content (AvgIpc) is 3.02. The van der Waals surface area contributed by atoms with Crippen molar-refractivity contribution < 1.29 is 34.4 Å². The fraction of sp³-hybridized carbons (Fsp3) is 0.394. The van der Waals surface area contributed by atoms with Crippen molar-refractivity contribution in [2.45, 2.75) is 70.0 Å². The minimum Gasteiger partial charge on any atom is -0.481 e. The van der Waals surface area contributed by atoms with E-state index in [4.69, 9.17) is 14.6 Å². The number of carbonyl (C=O) groups excluding carboxylic acids is 1. The minimum atomic E-state index is -1.00. The monoisotopic (exact) mass is 576 g/mol. The number of hydrogen-bond donors (Lipinski definition) is 4. The lowest BCUT2D eigenvalue weighted by Gasteiger charge is -2.39. The molecule has 9 heteroatoms. The molecule has 1 fully saturated rings. The number of amides is 1. The van der Waals surface area contributed by atoms with Crippen molar-refractivity contribution in [3.8, 4) is 0 Å². The highest BCUT2D eigenvalue weighted by Crippen LogP contribution is 2.38. The van der Waals surface area contributed by atoms with E-state index in [1.54, 1.807) is 0 Å². The highest BCUT2D eigenvalue weighted by molar-refractivity contribution is 5.80. The Morgan fingerprint density at radius 1 is 0.929 bits per heavy atom. The van der Waals surface area contributed by atoms with Gasteiger partial charge in [0.05, 0.1) is 31.3 Å². The molecule has 0 radical (unpaired) electrons. The van der Waals surface area contributed by atoms with Gasteiger partial charge in [-0.05, 0) is 36.2 Å². The van der Waals surface area contributed by atoms with Gasteiger partial charge in [-0.15, -0.1) is 0 Å². The first-order valence-corrected chi connectivity index (χ1v) is 14.2. The minimum absolute atomic E-state index is 0.0288. The molecular weight excluding hydrogens is 536 g/mol. The molecule has 0 saturated carbocycles. The maximum Gasteiger partial charge on any atom is 0.303 e. The number of aliphatic hydroxyl groups excluding tert-OH is 2. The molecule has 0 aliphatic carbocycles. The van der Waals surface area contributed by atoms with Crippen molar-refractivity contribution in [1.82, 2.24) is 10.2 Å². The van der Waals surface area contributed by atoms with Gasteiger partial charge in [0, 0.05) is 37.5 Å². The second kappa shape index (κ2) is 15.0. The third-order valence-electron chi connectivity index (χ3n) is 7.71. The van der Waals surface area contributed by atoms with Crippen LogP contribution in [0.2, 0.25) is 0 Å². The summed E-state index contributed by atoms with van der Waals surface area (Å²) in [5.74, 6) is -1.31. The molecule has 1 heterocycles. The summed E-state index contributed by atoms with van der Waals surface area (Å²) in [5, 5.41) is 31.9. The van der Waals surface area contributed by atoms with Crippen LogP contribution >= 0.6 is 0 Å². The number of nitrogens with one attached hydrogen (secondary N) is 1. The number of rotatable bonds is 13. The lowest BCUT2D eigenvalue weighted by atomic mass is 9.98. The zero-order valence-electron chi connectivity index (χ0n) is 24.1. The highest BCUT2D eigenvalue weighted by atomic mass is 16.7. The summed E-state index contributed by atoms with van der Waals surface area (Å²) in [5.41, 5.74) is 4.38. The van der Waals surface area contributed by atoms with Crippen molar-refractivity contribution in [2.75, 3.05) is 13.6 Å². The molecule has 0 aromatic heterocycles. The van der Waals surface area contributed by atoms with E-state index in [1.165, 1.54) is 0 Å². The van der Waals surface area contributed by atoms with Crippen LogP contribution in [0.25, 0.3) is 0 Å². The zero-order valence-corrected chi connectivity index (χ0v) is 24.1. The quantitative estimate of drug-likeness (QED) is 0.238. The van der Waals surface area contributed by atoms with Crippen LogP contribution in [-0.2, 0) is 32.2 Å². The molecule has 0 spiro atoms. The largest absolute Gasteiger partial charge is 0.481 e. The number of carbonyl (C=O) groups is 2. The Hall–Kier alpha value is -3.60. The molecule has 224 valence electrons. The first-order valence-electron chi connectivity index (χ1n) is 14.2. The smallest absolute Gasteiger partial charge is 0.303 e. The third-order valence-corrected chi connectivity index (χ3v) is 7.71. The topological polar surface area (TPSA) is 129 Å². The second-order valence-corrected chi connectivity index (χ2v) is 10.8. The molecule has 1 saturated heterocycles. The molecule has 4 rings (SSSR count). The number of ether oxygens (including phenoxy) is 2. The molecule has 1 aliphatic rings. The van der Waals surface area contributed by atoms with E-state index in [0.29, 0.717) is 19.5 Å². The Balaban J connectivity index is 1.45. The van der Waals surface area contributed by atoms with Crippen molar-refractivity contribution in [2.24, 2.45) is 0 Å². The molecule has 4 N–H and O–H groups in total. The van der Waals surface area contributed by atoms with Crippen LogP contribution in [0.1, 0.15) is 72.5 Å². The van der Waals surface area contributed by atoms with Crippen molar-refractivity contribution in [1.29, 1.82) is 0 Å². The maximum atomic E-state index is 11.9. The molecule has 42 heavy (non-hydrogen) atoms. The van der Waals surface area contributed by atoms with E-state index in [-0.39, 0.29) is 43.6 Å². The standard InChI is InChI=1S/C33H40N2O7/c1-22(32(40)26-6-4-3-5-7-26)35(2)20-28-18-29(25-12-10-24(21-36)11-13-25)42-33(41-28)27-14-8-23(9-15-27)19-34-30(37)16-17-31(38)39/h3-15,22,28-29,32-33,36,40H,16-21H2,1-2H3,(H,34,37)(H,38,39). The van der Waals surface area contributed by atoms with Crippen molar-refractivity contribution in [3.63, 3.8) is 0 Å². The van der Waals surface area contributed by atoms with Gasteiger partial charge >= 0.3 is 5.97 Å². The van der Waals surface area contributed by atoms with E-state index in [0.717, 1.165) is 27.8 Å². The predicted octanol–water partition coefficient (Wildman–Crippen LogP) is 4.26. The Kier molecular flexibility index (Phi) is 11.2. The van der Waals surface area contributed by atoms with Gasteiger partial charge in [-0.1, -0.05) is 78.9 Å². The Bertz CT molecular complexity index is 1280. The third kappa shape index (κ3) is 8.70. The van der Waals surface area contributed by atoms with E-state index in [2.05, 4.69) is 10.2 Å². The molecule has 3 aromatic carbocycles. The summed E-state index contributed by atoms with van der Waals surface area (Å²) in [6.07, 6.45) is -1.35. The number of benzene rings is 3. The first kappa shape index (κ1) is 31.3. The summed E-state index contributed by atoms with van der Waals surface area (Å²) >= 11 is 0. The van der Waals surface area contributed by atoms with Gasteiger partial charge < -0.3 is 30.1 Å². The molecule has 1 aliphatic heterocycles. The van der Waals surface area contributed by atoms with Crippen LogP contribution in [0, 0.1) is 0 Å². The van der Waals surface area contributed by atoms with Gasteiger partial charge in [-0.3, -0.25) is 14.5 Å². The summed E-state index contributed by atoms with van der Waals surface area (Å²) in [6.45, 7) is 2.84. The molecule has 3 aromatic rings. The van der Waals surface area contributed by atoms with E-state index in [9.17, 15) is 19.8 Å². The van der Waals surface area contributed by atoms with Crippen LogP contribution in [0.4, 0.5) is 0 Å². The van der Waals surface area contributed by atoms with Gasteiger partial charge in [-0.25, -0.2) is 0 Å². The van der Waals surface area contributed by atoms with Crippen LogP contribution in [0.5, 0.6) is 0 Å². The molecule has 5 unspecified atom stereocenters. The van der Waals surface area contributed by atoms with Gasteiger partial charge in [0.1, 0.15) is 0 Å². The van der Waals surface area contributed by atoms with E-state index < -0.39 is 18.4 Å². The molecule has 1 amide bonds. The lowest BCUT2D eigenvalue weighted by molar-refractivity contribution is -0.253. The van der Waals surface area contributed by atoms with Crippen LogP contribution in [0.15, 0.2) is 78.9 Å². The van der Waals surface area contributed by atoms with E-state index in [1.807, 2.05) is 92.8 Å². The van der Waals surface area contributed by atoms with Crippen molar-refractivity contribution in [3.05, 3.63) is 107 Å². The SMILES string of the molecule is CC(C(O)c1ccccc1)N(C)CC1CC(c2ccc(CO)cc2)OC(c2ccc(CNC(=O)CCC(=O)O)cc2)O1. The maximum absolute atomic E-state index is 11.9. The molecule has 5 atom stereocenters. The summed E-state index contributed by atoms with van der Waals surface area (Å²) in [6, 6.07) is 24.8. The Morgan fingerprint density at radius 2 is 1.57 bits per heavy atom. The van der Waals surface area contributed by atoms with Crippen LogP contribution in [-0.4, -0.2) is 57.8 Å². The number of aliphatic hydroxyl groups is 2. The fourth-order valence-corrected chi connectivity index (χ4v) is 4.99. The normalized spacial score (nSPS) is 20.2. The van der Waals surface area contributed by atoms with E-state index >= 15 is 0 Å². The van der Waals surface area contributed by atoms with Gasteiger partial charge in [-0.2, -0.15) is 0 Å². The molecule has 9 nitrogen and oxygen atoms in total. The first-order chi connectivity index (χ1) is 20.2. The van der Waals surface area contributed by atoms with Crippen molar-refractivity contribution >= 4 is 11.9 Å². The number of hydrogen-bond acceptors (Lipinski definition) is 7. The van der Waals surface area contributed by atoms with Gasteiger partial charge in [0.2, 0.25) is 5.91 Å². The predicted molar refractivity (Wildman–Crippen MR) is 157 cm³/mol. The number of aliphatic carboxylic acids is 1. The second-order valence-electron chi connectivity index (χ2n) is 10.8.